The number of hydrogen-bond acceptors (Lipinski definition) is 2. The van der Waals surface area contributed by atoms with Gasteiger partial charge in [0.2, 0.25) is 0 Å². The van der Waals surface area contributed by atoms with Crippen molar-refractivity contribution >= 4 is 0 Å². The van der Waals surface area contributed by atoms with E-state index in [2.05, 4.69) is 34.5 Å². The fourth-order valence-corrected chi connectivity index (χ4v) is 4.99. The Morgan fingerprint density at radius 2 is 1.77 bits per heavy atom. The van der Waals surface area contributed by atoms with Gasteiger partial charge in [0, 0.05) is 6.54 Å². The molecule has 0 bridgehead atoms. The highest BCUT2D eigenvalue weighted by molar-refractivity contribution is 5.27. The molecule has 3 atom stereocenters. The molecule has 1 aromatic carbocycles. The van der Waals surface area contributed by atoms with Crippen molar-refractivity contribution in [1.29, 1.82) is 0 Å². The predicted molar refractivity (Wildman–Crippen MR) is 92.3 cm³/mol. The van der Waals surface area contributed by atoms with Gasteiger partial charge in [-0.25, -0.2) is 0 Å². The van der Waals surface area contributed by atoms with Crippen LogP contribution in [-0.4, -0.2) is 37.6 Å². The predicted octanol–water partition coefficient (Wildman–Crippen LogP) is 3.43. The molecule has 2 heteroatoms. The van der Waals surface area contributed by atoms with E-state index < -0.39 is 0 Å². The molecule has 1 aliphatic carbocycles. The van der Waals surface area contributed by atoms with Crippen LogP contribution in [0.15, 0.2) is 24.3 Å². The second kappa shape index (κ2) is 6.72. The Kier molecular flexibility index (Phi) is 4.49. The van der Waals surface area contributed by atoms with Crippen molar-refractivity contribution in [2.24, 2.45) is 11.8 Å². The number of hydrogen-bond donors (Lipinski definition) is 1. The Morgan fingerprint density at radius 3 is 2.59 bits per heavy atom. The zero-order valence-electron chi connectivity index (χ0n) is 13.8. The summed E-state index contributed by atoms with van der Waals surface area (Å²) in [6.45, 7) is 6.38. The van der Waals surface area contributed by atoms with E-state index in [0.717, 1.165) is 17.8 Å². The van der Waals surface area contributed by atoms with Crippen LogP contribution in [-0.2, 0) is 6.42 Å². The standard InChI is InChI=1S/C20H30N2/c1-2-12-22(11-1)13-10-16-6-8-17(9-7-16)19-5-3-4-18-14-21-15-20(18)19/h6-9,18-21H,1-5,10-15H2. The third kappa shape index (κ3) is 3.09. The van der Waals surface area contributed by atoms with E-state index in [4.69, 9.17) is 0 Å². The van der Waals surface area contributed by atoms with Crippen LogP contribution in [0.25, 0.3) is 0 Å². The highest BCUT2D eigenvalue weighted by Gasteiger charge is 2.36. The van der Waals surface area contributed by atoms with Crippen LogP contribution >= 0.6 is 0 Å². The average molecular weight is 298 g/mol. The Bertz CT molecular complexity index is 475. The molecule has 0 amide bonds. The van der Waals surface area contributed by atoms with Crippen LogP contribution in [0, 0.1) is 11.8 Å². The monoisotopic (exact) mass is 298 g/mol. The quantitative estimate of drug-likeness (QED) is 0.916. The minimum Gasteiger partial charge on any atom is -0.316 e. The first-order valence-electron chi connectivity index (χ1n) is 9.42. The van der Waals surface area contributed by atoms with E-state index in [9.17, 15) is 0 Å². The van der Waals surface area contributed by atoms with Crippen molar-refractivity contribution < 1.29 is 0 Å². The lowest BCUT2D eigenvalue weighted by Gasteiger charge is -2.33. The summed E-state index contributed by atoms with van der Waals surface area (Å²) in [6, 6.07) is 9.67. The van der Waals surface area contributed by atoms with Crippen molar-refractivity contribution in [2.45, 2.75) is 44.4 Å². The van der Waals surface area contributed by atoms with Gasteiger partial charge in [0.25, 0.3) is 0 Å². The highest BCUT2D eigenvalue weighted by Crippen LogP contribution is 2.42. The lowest BCUT2D eigenvalue weighted by atomic mass is 9.71. The Labute approximate surface area is 135 Å². The molecule has 22 heavy (non-hydrogen) atoms. The maximum atomic E-state index is 3.62. The van der Waals surface area contributed by atoms with Crippen molar-refractivity contribution in [3.05, 3.63) is 35.4 Å². The molecule has 2 saturated heterocycles. The molecule has 2 aliphatic heterocycles. The number of fused-ring (bicyclic) bond motifs is 1. The van der Waals surface area contributed by atoms with Crippen LogP contribution in [0.1, 0.15) is 49.1 Å². The minimum atomic E-state index is 0.807. The molecule has 0 aromatic heterocycles. The summed E-state index contributed by atoms with van der Waals surface area (Å²) < 4.78 is 0. The maximum Gasteiger partial charge on any atom is 0.00218 e. The van der Waals surface area contributed by atoms with E-state index in [-0.39, 0.29) is 0 Å². The largest absolute Gasteiger partial charge is 0.316 e. The first-order valence-corrected chi connectivity index (χ1v) is 9.42. The summed E-state index contributed by atoms with van der Waals surface area (Å²) in [5.74, 6) is 2.64. The number of nitrogens with one attached hydrogen (secondary N) is 1. The van der Waals surface area contributed by atoms with Gasteiger partial charge in [0.1, 0.15) is 0 Å². The zero-order chi connectivity index (χ0) is 14.8. The maximum absolute atomic E-state index is 3.62. The van der Waals surface area contributed by atoms with E-state index in [0.29, 0.717) is 0 Å². The summed E-state index contributed by atoms with van der Waals surface area (Å²) in [7, 11) is 0. The minimum absolute atomic E-state index is 0.807. The van der Waals surface area contributed by atoms with Gasteiger partial charge in [-0.15, -0.1) is 0 Å². The summed E-state index contributed by atoms with van der Waals surface area (Å²) in [5, 5.41) is 3.62. The van der Waals surface area contributed by atoms with Gasteiger partial charge in [0.05, 0.1) is 0 Å². The summed E-state index contributed by atoms with van der Waals surface area (Å²) >= 11 is 0. The van der Waals surface area contributed by atoms with Gasteiger partial charge in [-0.3, -0.25) is 0 Å². The third-order valence-electron chi connectivity index (χ3n) is 6.32. The third-order valence-corrected chi connectivity index (χ3v) is 6.32. The Morgan fingerprint density at radius 1 is 0.955 bits per heavy atom. The second-order valence-corrected chi connectivity index (χ2v) is 7.66. The van der Waals surface area contributed by atoms with E-state index in [1.807, 2.05) is 0 Å². The van der Waals surface area contributed by atoms with Crippen molar-refractivity contribution in [1.82, 2.24) is 10.2 Å². The fraction of sp³-hybridized carbons (Fsp3) is 0.700. The van der Waals surface area contributed by atoms with Gasteiger partial charge >= 0.3 is 0 Å². The highest BCUT2D eigenvalue weighted by atomic mass is 15.1. The Hall–Kier alpha value is -0.860. The van der Waals surface area contributed by atoms with Gasteiger partial charge in [0.15, 0.2) is 0 Å². The average Bonchev–Trinajstić information content (AvgIpc) is 3.24. The van der Waals surface area contributed by atoms with Crippen LogP contribution in [0.5, 0.6) is 0 Å². The lowest BCUT2D eigenvalue weighted by Crippen LogP contribution is -2.25. The van der Waals surface area contributed by atoms with Crippen LogP contribution in [0.3, 0.4) is 0 Å². The molecule has 3 aliphatic rings. The Balaban J connectivity index is 1.38. The van der Waals surface area contributed by atoms with Gasteiger partial charge in [-0.2, -0.15) is 0 Å². The molecule has 3 unspecified atom stereocenters. The van der Waals surface area contributed by atoms with Gasteiger partial charge < -0.3 is 10.2 Å². The second-order valence-electron chi connectivity index (χ2n) is 7.66. The van der Waals surface area contributed by atoms with Crippen molar-refractivity contribution in [3.63, 3.8) is 0 Å². The van der Waals surface area contributed by atoms with E-state index >= 15 is 0 Å². The molecule has 0 spiro atoms. The number of likely N-dealkylation sites (tertiary alicyclic amines) is 1. The molecular formula is C20H30N2. The normalized spacial score (nSPS) is 32.3. The van der Waals surface area contributed by atoms with Crippen molar-refractivity contribution in [3.8, 4) is 0 Å². The molecule has 1 aromatic rings. The van der Waals surface area contributed by atoms with Gasteiger partial charge in [-0.1, -0.05) is 30.7 Å². The molecule has 2 nitrogen and oxygen atoms in total. The first kappa shape index (κ1) is 14.7. The van der Waals surface area contributed by atoms with Crippen LogP contribution in [0.2, 0.25) is 0 Å². The number of benzene rings is 1. The zero-order valence-corrected chi connectivity index (χ0v) is 13.8. The lowest BCUT2D eigenvalue weighted by molar-refractivity contribution is 0.258. The summed E-state index contributed by atoms with van der Waals surface area (Å²) in [4.78, 5) is 2.61. The molecule has 1 saturated carbocycles. The molecular weight excluding hydrogens is 268 g/mol. The summed E-state index contributed by atoms with van der Waals surface area (Å²) in [5.41, 5.74) is 3.12. The topological polar surface area (TPSA) is 15.3 Å². The molecule has 1 N–H and O–H groups in total. The smallest absolute Gasteiger partial charge is 0.00218 e. The molecule has 4 rings (SSSR count). The van der Waals surface area contributed by atoms with Crippen LogP contribution < -0.4 is 5.32 Å². The number of rotatable bonds is 4. The molecule has 3 fully saturated rings. The van der Waals surface area contributed by atoms with E-state index in [1.165, 1.54) is 76.8 Å². The van der Waals surface area contributed by atoms with Crippen LogP contribution in [0.4, 0.5) is 0 Å². The molecule has 0 radical (unpaired) electrons. The fourth-order valence-electron chi connectivity index (χ4n) is 4.99. The SMILES string of the molecule is c1cc(C2CCCC3CNCC32)ccc1CCN1CCCC1. The van der Waals surface area contributed by atoms with E-state index in [1.54, 1.807) is 5.56 Å². The first-order chi connectivity index (χ1) is 10.9. The molecule has 2 heterocycles. The molecule has 120 valence electrons. The van der Waals surface area contributed by atoms with Gasteiger partial charge in [-0.05, 0) is 87.2 Å². The summed E-state index contributed by atoms with van der Waals surface area (Å²) in [6.07, 6.45) is 8.29. The van der Waals surface area contributed by atoms with Crippen molar-refractivity contribution in [2.75, 3.05) is 32.7 Å². The number of nitrogens with zero attached hydrogens (tertiary/aromatic N) is 1.